The quantitative estimate of drug-likeness (QED) is 0.426. The van der Waals surface area contributed by atoms with Crippen molar-refractivity contribution in [1.82, 2.24) is 5.32 Å². The topological polar surface area (TPSA) is 75.7 Å². The second-order valence-corrected chi connectivity index (χ2v) is 10.9. The van der Waals surface area contributed by atoms with Crippen LogP contribution >= 0.6 is 0 Å². The Hall–Kier alpha value is -3.32. The van der Waals surface area contributed by atoms with Gasteiger partial charge in [0.2, 0.25) is 5.91 Å². The molecule has 1 atom stereocenters. The van der Waals surface area contributed by atoms with E-state index in [9.17, 15) is 13.2 Å². The third kappa shape index (κ3) is 6.03. The van der Waals surface area contributed by atoms with E-state index in [0.29, 0.717) is 5.69 Å². The van der Waals surface area contributed by atoms with Gasteiger partial charge in [0, 0.05) is 0 Å². The molecule has 0 fully saturated rings. The van der Waals surface area contributed by atoms with Crippen molar-refractivity contribution in [2.75, 3.05) is 18.0 Å². The maximum Gasteiger partial charge on any atom is 0.264 e. The molecule has 0 heterocycles. The van der Waals surface area contributed by atoms with Gasteiger partial charge in [-0.15, -0.1) is 0 Å². The molecule has 0 radical (unpaired) electrons. The third-order valence-electron chi connectivity index (χ3n) is 6.02. The Bertz CT molecular complexity index is 1270. The maximum atomic E-state index is 13.5. The normalized spacial score (nSPS) is 12.3. The Morgan fingerprint density at radius 1 is 0.943 bits per heavy atom. The molecule has 3 rings (SSSR count). The lowest BCUT2D eigenvalue weighted by molar-refractivity contribution is -0.120. The Morgan fingerprint density at radius 2 is 1.57 bits per heavy atom. The highest BCUT2D eigenvalue weighted by Gasteiger charge is 2.28. The molecule has 0 saturated carbocycles. The number of amides is 1. The maximum absolute atomic E-state index is 13.5. The number of benzene rings is 3. The van der Waals surface area contributed by atoms with Gasteiger partial charge in [-0.25, -0.2) is 8.42 Å². The van der Waals surface area contributed by atoms with Crippen LogP contribution in [0.1, 0.15) is 55.0 Å². The minimum absolute atomic E-state index is 0.139. The molecule has 3 aromatic carbocycles. The highest BCUT2D eigenvalue weighted by molar-refractivity contribution is 7.92. The lowest BCUT2D eigenvalue weighted by atomic mass is 9.93. The van der Waals surface area contributed by atoms with Crippen LogP contribution in [0.4, 0.5) is 5.69 Å². The van der Waals surface area contributed by atoms with Crippen LogP contribution in [0.2, 0.25) is 0 Å². The Balaban J connectivity index is 1.89. The molecule has 0 bridgehead atoms. The number of anilines is 1. The number of methoxy groups -OCH3 is 1. The van der Waals surface area contributed by atoms with Crippen molar-refractivity contribution < 1.29 is 17.9 Å². The largest absolute Gasteiger partial charge is 0.496 e. The fourth-order valence-electron chi connectivity index (χ4n) is 4.05. The number of sulfonamides is 1. The van der Waals surface area contributed by atoms with Gasteiger partial charge in [0.1, 0.15) is 12.3 Å². The number of carbonyl (C=O) groups is 1. The molecule has 0 aromatic heterocycles. The van der Waals surface area contributed by atoms with Gasteiger partial charge in [-0.2, -0.15) is 0 Å². The first-order chi connectivity index (χ1) is 16.5. The van der Waals surface area contributed by atoms with Gasteiger partial charge >= 0.3 is 0 Å². The van der Waals surface area contributed by atoms with E-state index in [1.807, 2.05) is 26.8 Å². The number of ether oxygens (including phenoxy) is 1. The van der Waals surface area contributed by atoms with Crippen LogP contribution in [0.25, 0.3) is 0 Å². The average Bonchev–Trinajstić information content (AvgIpc) is 2.82. The Kier molecular flexibility index (Phi) is 8.22. The minimum atomic E-state index is -3.95. The van der Waals surface area contributed by atoms with Crippen LogP contribution < -0.4 is 14.4 Å². The molecule has 35 heavy (non-hydrogen) atoms. The van der Waals surface area contributed by atoms with E-state index in [0.717, 1.165) is 32.3 Å². The molecule has 0 aliphatic rings. The predicted octanol–water partition coefficient (Wildman–Crippen LogP) is 5.51. The standard InChI is InChI=1S/C28H34N2O4S/c1-19(2)25-17-26(21(4)16-27(25)34-6)22(5)29-28(31)18-30(23-10-8-7-9-11-23)35(32,33)24-14-12-20(3)13-15-24/h7-17,19,22H,18H2,1-6H3,(H,29,31)/t22-/m1/s1. The molecule has 6 nitrogen and oxygen atoms in total. The first-order valence-electron chi connectivity index (χ1n) is 11.7. The molecule has 0 spiro atoms. The average molecular weight is 495 g/mol. The van der Waals surface area contributed by atoms with E-state index in [2.05, 4.69) is 25.2 Å². The number of hydrogen-bond acceptors (Lipinski definition) is 4. The van der Waals surface area contributed by atoms with Gasteiger partial charge in [0.05, 0.1) is 23.7 Å². The smallest absolute Gasteiger partial charge is 0.264 e. The number of rotatable bonds is 9. The molecule has 0 unspecified atom stereocenters. The summed E-state index contributed by atoms with van der Waals surface area (Å²) in [5, 5.41) is 2.99. The summed E-state index contributed by atoms with van der Waals surface area (Å²) >= 11 is 0. The molecular weight excluding hydrogens is 460 g/mol. The van der Waals surface area contributed by atoms with Crippen molar-refractivity contribution in [3.63, 3.8) is 0 Å². The van der Waals surface area contributed by atoms with Gasteiger partial charge < -0.3 is 10.1 Å². The molecule has 7 heteroatoms. The summed E-state index contributed by atoms with van der Waals surface area (Å²) in [5.41, 5.74) is 4.40. The number of carbonyl (C=O) groups excluding carboxylic acids is 1. The van der Waals surface area contributed by atoms with Crippen molar-refractivity contribution in [2.45, 2.75) is 51.5 Å². The van der Waals surface area contributed by atoms with E-state index in [1.54, 1.807) is 61.7 Å². The van der Waals surface area contributed by atoms with Crippen LogP contribution in [0.15, 0.2) is 71.6 Å². The summed E-state index contributed by atoms with van der Waals surface area (Å²) in [7, 11) is -2.29. The molecule has 3 aromatic rings. The zero-order valence-corrected chi connectivity index (χ0v) is 22.0. The number of hydrogen-bond donors (Lipinski definition) is 1. The van der Waals surface area contributed by atoms with Gasteiger partial charge in [0.15, 0.2) is 0 Å². The van der Waals surface area contributed by atoms with E-state index in [4.69, 9.17) is 4.74 Å². The highest BCUT2D eigenvalue weighted by Crippen LogP contribution is 2.32. The first kappa shape index (κ1) is 26.3. The van der Waals surface area contributed by atoms with Gasteiger partial charge in [-0.05, 0) is 79.8 Å². The molecule has 0 saturated heterocycles. The van der Waals surface area contributed by atoms with Crippen molar-refractivity contribution in [3.8, 4) is 5.75 Å². The number of nitrogens with one attached hydrogen (secondary N) is 1. The Morgan fingerprint density at radius 3 is 2.14 bits per heavy atom. The number of nitrogens with zero attached hydrogens (tertiary/aromatic N) is 1. The van der Waals surface area contributed by atoms with Crippen molar-refractivity contribution in [2.24, 2.45) is 0 Å². The summed E-state index contributed by atoms with van der Waals surface area (Å²) in [4.78, 5) is 13.3. The fourth-order valence-corrected chi connectivity index (χ4v) is 5.47. The van der Waals surface area contributed by atoms with Crippen molar-refractivity contribution in [3.05, 3.63) is 89.0 Å². The molecular formula is C28H34N2O4S. The van der Waals surface area contributed by atoms with Crippen LogP contribution in [0.5, 0.6) is 5.75 Å². The second-order valence-electron chi connectivity index (χ2n) is 9.05. The van der Waals surface area contributed by atoms with Crippen molar-refractivity contribution >= 4 is 21.6 Å². The minimum Gasteiger partial charge on any atom is -0.496 e. The van der Waals surface area contributed by atoms with Crippen LogP contribution in [-0.4, -0.2) is 28.0 Å². The summed E-state index contributed by atoms with van der Waals surface area (Å²) in [5.74, 6) is 0.679. The summed E-state index contributed by atoms with van der Waals surface area (Å²) < 4.78 is 33.7. The lowest BCUT2D eigenvalue weighted by Crippen LogP contribution is -2.41. The lowest BCUT2D eigenvalue weighted by Gasteiger charge is -2.26. The van der Waals surface area contributed by atoms with Gasteiger partial charge in [0.25, 0.3) is 10.0 Å². The first-order valence-corrected chi connectivity index (χ1v) is 13.1. The molecule has 186 valence electrons. The number of para-hydroxylation sites is 1. The zero-order valence-electron chi connectivity index (χ0n) is 21.2. The SMILES string of the molecule is COc1cc(C)c([C@@H](C)NC(=O)CN(c2ccccc2)S(=O)(=O)c2ccc(C)cc2)cc1C(C)C. The summed E-state index contributed by atoms with van der Waals surface area (Å²) in [6.45, 7) is 9.62. The molecule has 0 aliphatic carbocycles. The van der Waals surface area contributed by atoms with Crippen molar-refractivity contribution in [1.29, 1.82) is 0 Å². The van der Waals surface area contributed by atoms with E-state index >= 15 is 0 Å². The summed E-state index contributed by atoms with van der Waals surface area (Å²) in [6, 6.07) is 19.0. The summed E-state index contributed by atoms with van der Waals surface area (Å²) in [6.07, 6.45) is 0. The molecule has 0 aliphatic heterocycles. The third-order valence-corrected chi connectivity index (χ3v) is 7.81. The van der Waals surface area contributed by atoms with Crippen LogP contribution in [0.3, 0.4) is 0 Å². The van der Waals surface area contributed by atoms with Gasteiger partial charge in [-0.1, -0.05) is 49.7 Å². The van der Waals surface area contributed by atoms with Gasteiger partial charge in [-0.3, -0.25) is 9.10 Å². The highest BCUT2D eigenvalue weighted by atomic mass is 32.2. The van der Waals surface area contributed by atoms with E-state index in [-0.39, 0.29) is 23.4 Å². The second kappa shape index (κ2) is 11.0. The monoisotopic (exact) mass is 494 g/mol. The number of aryl methyl sites for hydroxylation is 2. The Labute approximate surface area is 209 Å². The van der Waals surface area contributed by atoms with Crippen LogP contribution in [0, 0.1) is 13.8 Å². The molecule has 1 amide bonds. The zero-order chi connectivity index (χ0) is 25.8. The fraction of sp³-hybridized carbons (Fsp3) is 0.321. The van der Waals surface area contributed by atoms with E-state index < -0.39 is 15.9 Å². The van der Waals surface area contributed by atoms with E-state index in [1.165, 1.54) is 0 Å². The van der Waals surface area contributed by atoms with Crippen LogP contribution in [-0.2, 0) is 14.8 Å². The predicted molar refractivity (Wildman–Crippen MR) is 141 cm³/mol. The molecule has 1 N–H and O–H groups in total.